The number of aryl methyl sites for hydroxylation is 1. The van der Waals surface area contributed by atoms with Crippen LogP contribution in [-0.2, 0) is 14.3 Å². The smallest absolute Gasteiger partial charge is 0.408 e. The molecule has 8 heteroatoms. The van der Waals surface area contributed by atoms with Crippen LogP contribution in [0.4, 0.5) is 10.5 Å². The number of nitrogens with one attached hydrogen (secondary N) is 2. The molecule has 0 radical (unpaired) electrons. The number of carbonyl (C=O) groups is 3. The summed E-state index contributed by atoms with van der Waals surface area (Å²) in [7, 11) is 0. The molecule has 0 aliphatic rings. The number of carbonyl (C=O) groups excluding carboxylic acids is 3. The Morgan fingerprint density at radius 2 is 1.56 bits per heavy atom. The summed E-state index contributed by atoms with van der Waals surface area (Å²) in [5.41, 5.74) is 0.543. The van der Waals surface area contributed by atoms with E-state index in [-0.39, 0.29) is 17.6 Å². The van der Waals surface area contributed by atoms with Gasteiger partial charge in [-0.1, -0.05) is 57.5 Å². The number of phenolic OH excluding ortho intramolecular Hbond substituents is 1. The Morgan fingerprint density at radius 3 is 2.08 bits per heavy atom. The maximum Gasteiger partial charge on any atom is 0.408 e. The minimum absolute atomic E-state index is 0.0496. The normalized spacial score (nSPS) is 14.1. The van der Waals surface area contributed by atoms with Gasteiger partial charge in [0, 0.05) is 11.2 Å². The lowest BCUT2D eigenvalue weighted by Gasteiger charge is -2.45. The Morgan fingerprint density at radius 1 is 0.974 bits per heavy atom. The Balaban J connectivity index is 2.66. The van der Waals surface area contributed by atoms with E-state index in [1.54, 1.807) is 37.8 Å². The summed E-state index contributed by atoms with van der Waals surface area (Å²) in [4.78, 5) is 42.9. The number of phenols is 1. The van der Waals surface area contributed by atoms with Gasteiger partial charge in [-0.05, 0) is 83.2 Å². The summed E-state index contributed by atoms with van der Waals surface area (Å²) in [6.45, 7) is 16.8. The second-order valence-corrected chi connectivity index (χ2v) is 11.7. The first-order valence-electron chi connectivity index (χ1n) is 13.6. The van der Waals surface area contributed by atoms with E-state index in [2.05, 4.69) is 10.6 Å². The lowest BCUT2D eigenvalue weighted by molar-refractivity contribution is -0.148. The van der Waals surface area contributed by atoms with Gasteiger partial charge in [0.1, 0.15) is 23.4 Å². The summed E-state index contributed by atoms with van der Waals surface area (Å²) < 4.78 is 5.47. The fourth-order valence-electron chi connectivity index (χ4n) is 4.20. The van der Waals surface area contributed by atoms with Crippen molar-refractivity contribution in [1.82, 2.24) is 10.2 Å². The maximum absolute atomic E-state index is 14.5. The van der Waals surface area contributed by atoms with Crippen LogP contribution < -0.4 is 10.6 Å². The van der Waals surface area contributed by atoms with Crippen molar-refractivity contribution < 1.29 is 24.2 Å². The number of hydrogen-bond donors (Lipinski definition) is 3. The van der Waals surface area contributed by atoms with Gasteiger partial charge in [0.05, 0.1) is 0 Å². The Labute approximate surface area is 233 Å². The molecule has 0 bridgehead atoms. The van der Waals surface area contributed by atoms with Gasteiger partial charge in [0.25, 0.3) is 5.91 Å². The van der Waals surface area contributed by atoms with E-state index >= 15 is 0 Å². The molecular formula is C31H45N3O5. The van der Waals surface area contributed by atoms with Crippen LogP contribution in [0, 0.1) is 12.8 Å². The molecule has 3 atom stereocenters. The zero-order valence-electron chi connectivity index (χ0n) is 24.8. The highest BCUT2D eigenvalue weighted by molar-refractivity contribution is 5.99. The third-order valence-electron chi connectivity index (χ3n) is 7.02. The van der Waals surface area contributed by atoms with Crippen LogP contribution in [0.15, 0.2) is 48.5 Å². The molecule has 0 saturated heterocycles. The molecule has 2 rings (SSSR count). The zero-order chi connectivity index (χ0) is 29.5. The maximum atomic E-state index is 14.5. The van der Waals surface area contributed by atoms with Crippen molar-refractivity contribution in [3.05, 3.63) is 59.7 Å². The Hall–Kier alpha value is -3.55. The summed E-state index contributed by atoms with van der Waals surface area (Å²) in [6, 6.07) is 11.7. The van der Waals surface area contributed by atoms with Gasteiger partial charge in [0.2, 0.25) is 5.91 Å². The predicted molar refractivity (Wildman–Crippen MR) is 154 cm³/mol. The number of amides is 3. The quantitative estimate of drug-likeness (QED) is 0.327. The fraction of sp³-hybridized carbons (Fsp3) is 0.516. The van der Waals surface area contributed by atoms with Crippen LogP contribution in [0.25, 0.3) is 0 Å². The highest BCUT2D eigenvalue weighted by atomic mass is 16.6. The second-order valence-electron chi connectivity index (χ2n) is 11.7. The van der Waals surface area contributed by atoms with Crippen molar-refractivity contribution in [2.24, 2.45) is 5.92 Å². The van der Waals surface area contributed by atoms with E-state index in [0.717, 1.165) is 5.56 Å². The fourth-order valence-corrected chi connectivity index (χ4v) is 4.20. The van der Waals surface area contributed by atoms with Gasteiger partial charge < -0.3 is 25.4 Å². The van der Waals surface area contributed by atoms with E-state index in [1.807, 2.05) is 65.8 Å². The molecular weight excluding hydrogens is 494 g/mol. The molecule has 39 heavy (non-hydrogen) atoms. The molecule has 0 saturated carbocycles. The number of alkyl carbamates (subject to hydrolysis) is 1. The average molecular weight is 540 g/mol. The average Bonchev–Trinajstić information content (AvgIpc) is 2.85. The first kappa shape index (κ1) is 31.7. The number of anilines is 1. The highest BCUT2D eigenvalue weighted by Gasteiger charge is 2.44. The number of hydrogen-bond acceptors (Lipinski definition) is 5. The molecule has 0 fully saturated rings. The minimum atomic E-state index is -1.04. The van der Waals surface area contributed by atoms with Gasteiger partial charge in [-0.15, -0.1) is 0 Å². The number of rotatable bonds is 10. The monoisotopic (exact) mass is 539 g/mol. The number of benzene rings is 2. The molecule has 0 spiro atoms. The number of ether oxygens (including phenoxy) is 1. The van der Waals surface area contributed by atoms with Crippen molar-refractivity contribution in [3.8, 4) is 5.75 Å². The van der Waals surface area contributed by atoms with Crippen molar-refractivity contribution in [3.63, 3.8) is 0 Å². The number of para-hydroxylation sites is 1. The summed E-state index contributed by atoms with van der Waals surface area (Å²) in [5, 5.41) is 15.7. The number of nitrogens with zero attached hydrogens (tertiary/aromatic N) is 1. The van der Waals surface area contributed by atoms with Crippen molar-refractivity contribution in [2.75, 3.05) is 5.32 Å². The third kappa shape index (κ3) is 8.47. The van der Waals surface area contributed by atoms with E-state index in [4.69, 9.17) is 4.74 Å². The van der Waals surface area contributed by atoms with E-state index in [1.165, 1.54) is 12.1 Å². The molecule has 3 unspecified atom stereocenters. The SMILES string of the molecule is CCC(C)C(NC(=O)OC(C)(C)C)C(=O)N(C(C(=O)Nc1ccccc1C)c1ccc(O)cc1)C(C)(C)CC. The lowest BCUT2D eigenvalue weighted by atomic mass is 9.89. The van der Waals surface area contributed by atoms with Gasteiger partial charge in [-0.3, -0.25) is 9.59 Å². The van der Waals surface area contributed by atoms with E-state index in [9.17, 15) is 19.5 Å². The lowest BCUT2D eigenvalue weighted by Crippen LogP contribution is -2.60. The molecule has 0 aromatic heterocycles. The van der Waals surface area contributed by atoms with Crippen molar-refractivity contribution >= 4 is 23.6 Å². The first-order valence-corrected chi connectivity index (χ1v) is 13.6. The van der Waals surface area contributed by atoms with Crippen LogP contribution in [-0.4, -0.2) is 45.1 Å². The summed E-state index contributed by atoms with van der Waals surface area (Å²) >= 11 is 0. The Bertz CT molecular complexity index is 1140. The van der Waals surface area contributed by atoms with E-state index in [0.29, 0.717) is 24.1 Å². The predicted octanol–water partition coefficient (Wildman–Crippen LogP) is 6.34. The molecule has 8 nitrogen and oxygen atoms in total. The van der Waals surface area contributed by atoms with Crippen molar-refractivity contribution in [1.29, 1.82) is 0 Å². The molecule has 214 valence electrons. The molecule has 3 N–H and O–H groups in total. The Kier molecular flexibility index (Phi) is 10.6. The topological polar surface area (TPSA) is 108 Å². The minimum Gasteiger partial charge on any atom is -0.508 e. The van der Waals surface area contributed by atoms with Crippen LogP contribution >= 0.6 is 0 Å². The molecule has 0 heterocycles. The summed E-state index contributed by atoms with van der Waals surface area (Å²) in [5.74, 6) is -0.973. The third-order valence-corrected chi connectivity index (χ3v) is 7.02. The van der Waals surface area contributed by atoms with Crippen LogP contribution in [0.5, 0.6) is 5.75 Å². The number of aromatic hydroxyl groups is 1. The van der Waals surface area contributed by atoms with Crippen LogP contribution in [0.1, 0.15) is 85.4 Å². The molecule has 3 amide bonds. The molecule has 0 aliphatic heterocycles. The zero-order valence-corrected chi connectivity index (χ0v) is 24.8. The van der Waals surface area contributed by atoms with Gasteiger partial charge >= 0.3 is 6.09 Å². The van der Waals surface area contributed by atoms with Crippen molar-refractivity contribution in [2.45, 2.75) is 98.4 Å². The van der Waals surface area contributed by atoms with Gasteiger partial charge in [0.15, 0.2) is 0 Å². The van der Waals surface area contributed by atoms with E-state index < -0.39 is 35.2 Å². The largest absolute Gasteiger partial charge is 0.508 e. The van der Waals surface area contributed by atoms with Gasteiger partial charge in [-0.2, -0.15) is 0 Å². The highest BCUT2D eigenvalue weighted by Crippen LogP contribution is 2.34. The standard InChI is InChI=1S/C31H45N3O5/c1-10-20(3)25(33-29(38)39-30(5,6)7)28(37)34(31(8,9)11-2)26(22-16-18-23(35)19-17-22)27(36)32-24-15-13-12-14-21(24)4/h12-20,25-26,35H,10-11H2,1-9H3,(H,32,36)(H,33,38). The summed E-state index contributed by atoms with van der Waals surface area (Å²) in [6.07, 6.45) is 0.470. The first-order chi connectivity index (χ1) is 18.1. The van der Waals surface area contributed by atoms with Crippen LogP contribution in [0.3, 0.4) is 0 Å². The molecule has 2 aromatic carbocycles. The van der Waals surface area contributed by atoms with Gasteiger partial charge in [-0.25, -0.2) is 4.79 Å². The molecule has 0 aliphatic carbocycles. The van der Waals surface area contributed by atoms with Crippen LogP contribution in [0.2, 0.25) is 0 Å². The second kappa shape index (κ2) is 13.0. The molecule has 2 aromatic rings.